The van der Waals surface area contributed by atoms with Gasteiger partial charge in [0.15, 0.2) is 5.82 Å². The monoisotopic (exact) mass is 310 g/mol. The van der Waals surface area contributed by atoms with Gasteiger partial charge in [0, 0.05) is 18.8 Å². The molecule has 0 bridgehead atoms. The van der Waals surface area contributed by atoms with Gasteiger partial charge in [0.05, 0.1) is 17.6 Å². The maximum atomic E-state index is 11.7. The van der Waals surface area contributed by atoms with Gasteiger partial charge in [0.1, 0.15) is 0 Å². The number of carboxylic acids is 1. The van der Waals surface area contributed by atoms with Gasteiger partial charge in [-0.15, -0.1) is 0 Å². The van der Waals surface area contributed by atoms with E-state index in [1.807, 2.05) is 0 Å². The summed E-state index contributed by atoms with van der Waals surface area (Å²) >= 11 is 0. The number of nitrogens with zero attached hydrogens (tertiary/aromatic N) is 3. The molecular formula is C12H14N4O4S. The van der Waals surface area contributed by atoms with Crippen LogP contribution in [0.15, 0.2) is 36.8 Å². The van der Waals surface area contributed by atoms with Crippen LogP contribution in [-0.2, 0) is 14.8 Å². The minimum absolute atomic E-state index is 0.0590. The number of pyridine rings is 1. The minimum atomic E-state index is -3.57. The van der Waals surface area contributed by atoms with E-state index in [0.29, 0.717) is 11.5 Å². The van der Waals surface area contributed by atoms with E-state index >= 15 is 0 Å². The van der Waals surface area contributed by atoms with Crippen molar-refractivity contribution < 1.29 is 18.3 Å². The Kier molecular flexibility index (Phi) is 4.53. The highest BCUT2D eigenvalue weighted by atomic mass is 32.2. The SMILES string of the molecule is O=C(O)CCCS(=O)(=O)Nc1ccc(-n2cccn2)nc1. The van der Waals surface area contributed by atoms with Crippen LogP contribution >= 0.6 is 0 Å². The Morgan fingerprint density at radius 2 is 2.19 bits per heavy atom. The molecule has 2 aromatic rings. The van der Waals surface area contributed by atoms with E-state index in [2.05, 4.69) is 14.8 Å². The van der Waals surface area contributed by atoms with Crippen LogP contribution in [0.4, 0.5) is 5.69 Å². The number of aliphatic carboxylic acids is 1. The summed E-state index contributed by atoms with van der Waals surface area (Å²) < 4.78 is 27.4. The molecule has 0 fully saturated rings. The Balaban J connectivity index is 1.98. The molecule has 2 heterocycles. The molecule has 0 spiro atoms. The molecule has 0 aliphatic heterocycles. The summed E-state index contributed by atoms with van der Waals surface area (Å²) in [4.78, 5) is 14.5. The van der Waals surface area contributed by atoms with E-state index in [1.165, 1.54) is 6.20 Å². The Morgan fingerprint density at radius 1 is 1.38 bits per heavy atom. The molecule has 0 amide bonds. The number of aromatic nitrogens is 3. The van der Waals surface area contributed by atoms with Crippen molar-refractivity contribution in [2.24, 2.45) is 0 Å². The summed E-state index contributed by atoms with van der Waals surface area (Å²) in [6.45, 7) is 0. The van der Waals surface area contributed by atoms with Crippen LogP contribution < -0.4 is 4.72 Å². The van der Waals surface area contributed by atoms with Crippen LogP contribution in [0.1, 0.15) is 12.8 Å². The van der Waals surface area contributed by atoms with Gasteiger partial charge in [-0.2, -0.15) is 5.10 Å². The Bertz CT molecular complexity index is 695. The molecule has 0 saturated heterocycles. The normalized spacial score (nSPS) is 11.2. The molecule has 21 heavy (non-hydrogen) atoms. The van der Waals surface area contributed by atoms with Crippen LogP contribution in [-0.4, -0.2) is 40.0 Å². The van der Waals surface area contributed by atoms with Crippen molar-refractivity contribution in [2.45, 2.75) is 12.8 Å². The highest BCUT2D eigenvalue weighted by Gasteiger charge is 2.11. The van der Waals surface area contributed by atoms with Crippen LogP contribution in [0.5, 0.6) is 0 Å². The van der Waals surface area contributed by atoms with Crippen molar-refractivity contribution >= 4 is 21.7 Å². The number of hydrogen-bond donors (Lipinski definition) is 2. The second-order valence-corrected chi connectivity index (χ2v) is 6.12. The summed E-state index contributed by atoms with van der Waals surface area (Å²) in [6.07, 6.45) is 4.59. The first-order valence-electron chi connectivity index (χ1n) is 6.15. The van der Waals surface area contributed by atoms with Gasteiger partial charge in [-0.05, 0) is 24.6 Å². The molecule has 0 aliphatic carbocycles. The van der Waals surface area contributed by atoms with Gasteiger partial charge in [0.2, 0.25) is 10.0 Å². The first-order chi connectivity index (χ1) is 9.96. The number of nitrogens with one attached hydrogen (secondary N) is 1. The third-order valence-corrected chi connectivity index (χ3v) is 3.94. The second kappa shape index (κ2) is 6.35. The molecule has 0 atom stereocenters. The number of carboxylic acid groups (broad SMARTS) is 1. The zero-order chi connectivity index (χ0) is 15.3. The Morgan fingerprint density at radius 3 is 2.76 bits per heavy atom. The standard InChI is InChI=1S/C12H14N4O4S/c17-12(18)3-1-8-21(19,20)15-10-4-5-11(13-9-10)16-7-2-6-14-16/h2,4-7,9,15H,1,3,8H2,(H,17,18). The maximum Gasteiger partial charge on any atom is 0.303 e. The zero-order valence-electron chi connectivity index (χ0n) is 11.0. The molecule has 2 aromatic heterocycles. The molecular weight excluding hydrogens is 296 g/mol. The van der Waals surface area contributed by atoms with Gasteiger partial charge in [-0.3, -0.25) is 9.52 Å². The fourth-order valence-corrected chi connectivity index (χ4v) is 2.74. The molecule has 0 saturated carbocycles. The molecule has 9 heteroatoms. The first kappa shape index (κ1) is 15.0. The molecule has 0 aromatic carbocycles. The van der Waals surface area contributed by atoms with Gasteiger partial charge in [-0.1, -0.05) is 0 Å². The maximum absolute atomic E-state index is 11.7. The second-order valence-electron chi connectivity index (χ2n) is 4.27. The van der Waals surface area contributed by atoms with Crippen molar-refractivity contribution in [1.82, 2.24) is 14.8 Å². The van der Waals surface area contributed by atoms with Crippen molar-refractivity contribution in [3.63, 3.8) is 0 Å². The lowest BCUT2D eigenvalue weighted by Crippen LogP contribution is -2.17. The zero-order valence-corrected chi connectivity index (χ0v) is 11.8. The van der Waals surface area contributed by atoms with Crippen molar-refractivity contribution in [3.05, 3.63) is 36.8 Å². The Labute approximate surface area is 121 Å². The smallest absolute Gasteiger partial charge is 0.303 e. The molecule has 2 N–H and O–H groups in total. The largest absolute Gasteiger partial charge is 0.481 e. The predicted molar refractivity (Wildman–Crippen MR) is 75.6 cm³/mol. The molecule has 0 aliphatic rings. The van der Waals surface area contributed by atoms with Crippen LogP contribution in [0, 0.1) is 0 Å². The third kappa shape index (κ3) is 4.56. The fraction of sp³-hybridized carbons (Fsp3) is 0.250. The number of anilines is 1. The highest BCUT2D eigenvalue weighted by molar-refractivity contribution is 7.92. The van der Waals surface area contributed by atoms with E-state index < -0.39 is 16.0 Å². The van der Waals surface area contributed by atoms with E-state index in [9.17, 15) is 13.2 Å². The predicted octanol–water partition coefficient (Wildman–Crippen LogP) is 0.874. The average Bonchev–Trinajstić information content (AvgIpc) is 2.92. The molecule has 112 valence electrons. The molecule has 2 rings (SSSR count). The quantitative estimate of drug-likeness (QED) is 0.784. The van der Waals surface area contributed by atoms with Gasteiger partial charge in [-0.25, -0.2) is 18.1 Å². The number of sulfonamides is 1. The molecule has 8 nitrogen and oxygen atoms in total. The van der Waals surface area contributed by atoms with E-state index in [4.69, 9.17) is 5.11 Å². The van der Waals surface area contributed by atoms with Gasteiger partial charge >= 0.3 is 5.97 Å². The summed E-state index contributed by atoms with van der Waals surface area (Å²) in [5.74, 6) is -0.704. The Hall–Kier alpha value is -2.42. The molecule has 0 radical (unpaired) electrons. The fourth-order valence-electron chi connectivity index (χ4n) is 1.63. The van der Waals surface area contributed by atoms with Gasteiger partial charge in [0.25, 0.3) is 0 Å². The molecule has 0 unspecified atom stereocenters. The number of carbonyl (C=O) groups is 1. The first-order valence-corrected chi connectivity index (χ1v) is 7.80. The van der Waals surface area contributed by atoms with Crippen molar-refractivity contribution in [3.8, 4) is 5.82 Å². The third-order valence-electron chi connectivity index (χ3n) is 2.56. The van der Waals surface area contributed by atoms with Crippen molar-refractivity contribution in [1.29, 1.82) is 0 Å². The topological polar surface area (TPSA) is 114 Å². The van der Waals surface area contributed by atoms with Crippen LogP contribution in [0.25, 0.3) is 5.82 Å². The van der Waals surface area contributed by atoms with Gasteiger partial charge < -0.3 is 5.11 Å². The van der Waals surface area contributed by atoms with E-state index in [1.54, 1.807) is 35.3 Å². The summed E-state index contributed by atoms with van der Waals surface area (Å²) in [7, 11) is -3.57. The van der Waals surface area contributed by atoms with Crippen LogP contribution in [0.3, 0.4) is 0 Å². The minimum Gasteiger partial charge on any atom is -0.481 e. The van der Waals surface area contributed by atoms with Crippen molar-refractivity contribution in [2.75, 3.05) is 10.5 Å². The summed E-state index contributed by atoms with van der Waals surface area (Å²) in [5, 5.41) is 12.5. The van der Waals surface area contributed by atoms with E-state index in [-0.39, 0.29) is 18.6 Å². The van der Waals surface area contributed by atoms with E-state index in [0.717, 1.165) is 0 Å². The number of rotatable bonds is 7. The lowest BCUT2D eigenvalue weighted by atomic mass is 10.3. The lowest BCUT2D eigenvalue weighted by Gasteiger charge is -2.07. The lowest BCUT2D eigenvalue weighted by molar-refractivity contribution is -0.137. The highest BCUT2D eigenvalue weighted by Crippen LogP contribution is 2.11. The summed E-state index contributed by atoms with van der Waals surface area (Å²) in [6, 6.07) is 4.95. The average molecular weight is 310 g/mol. The van der Waals surface area contributed by atoms with Crippen LogP contribution in [0.2, 0.25) is 0 Å². The number of hydrogen-bond acceptors (Lipinski definition) is 5. The summed E-state index contributed by atoms with van der Waals surface area (Å²) in [5.41, 5.74) is 0.321.